The predicted molar refractivity (Wildman–Crippen MR) is 51.8 cm³/mol. The summed E-state index contributed by atoms with van der Waals surface area (Å²) in [6.07, 6.45) is 1.61. The zero-order valence-electron chi connectivity index (χ0n) is 8.92. The van der Waals surface area contributed by atoms with E-state index >= 15 is 0 Å². The first-order valence-electron chi connectivity index (χ1n) is 4.60. The zero-order valence-corrected chi connectivity index (χ0v) is 8.92. The molecule has 0 aliphatic heterocycles. The van der Waals surface area contributed by atoms with Crippen molar-refractivity contribution in [3.05, 3.63) is 0 Å². The quantitative estimate of drug-likeness (QED) is 0.651. The first kappa shape index (κ1) is 14.0. The van der Waals surface area contributed by atoms with E-state index in [1.165, 1.54) is 0 Å². The van der Waals surface area contributed by atoms with Crippen molar-refractivity contribution in [1.29, 1.82) is 5.26 Å². The van der Waals surface area contributed by atoms with Gasteiger partial charge in [-0.3, -0.25) is 0 Å². The number of ether oxygens (including phenoxy) is 1. The third kappa shape index (κ3) is 9.45. The van der Waals surface area contributed by atoms with Crippen LogP contribution in [-0.4, -0.2) is 13.2 Å². The second-order valence-corrected chi connectivity index (χ2v) is 2.85. The molecule has 0 aliphatic rings. The van der Waals surface area contributed by atoms with Gasteiger partial charge in [0.1, 0.15) is 0 Å². The van der Waals surface area contributed by atoms with Crippen molar-refractivity contribution in [3.8, 4) is 6.07 Å². The van der Waals surface area contributed by atoms with Gasteiger partial charge in [-0.1, -0.05) is 27.7 Å². The van der Waals surface area contributed by atoms with Crippen molar-refractivity contribution in [2.24, 2.45) is 5.92 Å². The summed E-state index contributed by atoms with van der Waals surface area (Å²) in [6, 6.07) is 2.10. The Morgan fingerprint density at radius 3 is 2.08 bits per heavy atom. The maximum Gasteiger partial charge on any atom is 0.0703 e. The Morgan fingerprint density at radius 1 is 1.33 bits per heavy atom. The predicted octanol–water partition coefficient (Wildman–Crippen LogP) is 2.99. The van der Waals surface area contributed by atoms with Crippen LogP contribution in [0.2, 0.25) is 0 Å². The van der Waals surface area contributed by atoms with Crippen LogP contribution in [0.25, 0.3) is 0 Å². The van der Waals surface area contributed by atoms with Crippen molar-refractivity contribution >= 4 is 0 Å². The van der Waals surface area contributed by atoms with Gasteiger partial charge in [0.25, 0.3) is 0 Å². The molecule has 0 bridgehead atoms. The average molecular weight is 171 g/mol. The summed E-state index contributed by atoms with van der Waals surface area (Å²) in [6.45, 7) is 8.26. The average Bonchev–Trinajstić information content (AvgIpc) is 2.07. The van der Waals surface area contributed by atoms with Gasteiger partial charge in [-0.05, 0) is 12.3 Å². The van der Waals surface area contributed by atoms with Crippen molar-refractivity contribution in [3.63, 3.8) is 0 Å². The van der Waals surface area contributed by atoms with Crippen molar-refractivity contribution in [2.45, 2.75) is 46.6 Å². The minimum absolute atomic E-state index is 0.130. The van der Waals surface area contributed by atoms with Gasteiger partial charge in [-0.2, -0.15) is 5.26 Å². The summed E-state index contributed by atoms with van der Waals surface area (Å²) < 4.78 is 5.08. The van der Waals surface area contributed by atoms with Crippen LogP contribution in [-0.2, 0) is 4.74 Å². The fraction of sp³-hybridized carbons (Fsp3) is 0.900. The van der Waals surface area contributed by atoms with Crippen LogP contribution >= 0.6 is 0 Å². The fourth-order valence-electron chi connectivity index (χ4n) is 0.890. The van der Waals surface area contributed by atoms with Gasteiger partial charge >= 0.3 is 0 Å². The van der Waals surface area contributed by atoms with E-state index in [2.05, 4.69) is 19.9 Å². The lowest BCUT2D eigenvalue weighted by Gasteiger charge is -2.13. The molecule has 0 rings (SSSR count). The van der Waals surface area contributed by atoms with Gasteiger partial charge in [0.15, 0.2) is 0 Å². The topological polar surface area (TPSA) is 33.0 Å². The largest absolute Gasteiger partial charge is 0.380 e. The van der Waals surface area contributed by atoms with Gasteiger partial charge in [0.05, 0.1) is 18.6 Å². The van der Waals surface area contributed by atoms with Crippen LogP contribution in [0.15, 0.2) is 0 Å². The van der Waals surface area contributed by atoms with Crippen LogP contribution in [0.1, 0.15) is 40.5 Å². The van der Waals surface area contributed by atoms with Crippen LogP contribution in [0.5, 0.6) is 0 Å². The number of hydrogen-bond donors (Lipinski definition) is 0. The molecule has 2 heteroatoms. The normalized spacial score (nSPS) is 11.4. The lowest BCUT2D eigenvalue weighted by molar-refractivity contribution is 0.0883. The summed E-state index contributed by atoms with van der Waals surface area (Å²) in [7, 11) is 1.66. The number of nitriles is 1. The van der Waals surface area contributed by atoms with E-state index in [-0.39, 0.29) is 6.10 Å². The van der Waals surface area contributed by atoms with Crippen LogP contribution in [0, 0.1) is 17.2 Å². The summed E-state index contributed by atoms with van der Waals surface area (Å²) >= 11 is 0. The highest BCUT2D eigenvalue weighted by molar-refractivity contribution is 4.76. The number of methoxy groups -OCH3 is 1. The first-order chi connectivity index (χ1) is 5.70. The van der Waals surface area contributed by atoms with E-state index in [0.29, 0.717) is 12.3 Å². The Bertz CT molecular complexity index is 115. The molecule has 0 aromatic rings. The zero-order chi connectivity index (χ0) is 9.98. The Balaban J connectivity index is 0. The number of nitrogens with zero attached hydrogens (tertiary/aromatic N) is 1. The molecule has 0 N–H and O–H groups in total. The molecule has 0 fully saturated rings. The Labute approximate surface area is 76.5 Å². The molecule has 0 spiro atoms. The lowest BCUT2D eigenvalue weighted by Crippen LogP contribution is -2.12. The van der Waals surface area contributed by atoms with Crippen molar-refractivity contribution in [1.82, 2.24) is 0 Å². The molecule has 0 amide bonds. The smallest absolute Gasteiger partial charge is 0.0703 e. The molecule has 12 heavy (non-hydrogen) atoms. The molecule has 72 valence electrons. The monoisotopic (exact) mass is 171 g/mol. The van der Waals surface area contributed by atoms with Crippen LogP contribution in [0.3, 0.4) is 0 Å². The molecule has 0 aromatic heterocycles. The number of rotatable bonds is 4. The molecular formula is C10H21NO. The van der Waals surface area contributed by atoms with Gasteiger partial charge < -0.3 is 4.74 Å². The fourth-order valence-corrected chi connectivity index (χ4v) is 0.890. The SMILES string of the molecule is CC.COC(CC#N)CC(C)C. The highest BCUT2D eigenvalue weighted by Crippen LogP contribution is 2.09. The molecule has 0 aromatic carbocycles. The van der Waals surface area contributed by atoms with Gasteiger partial charge in [-0.15, -0.1) is 0 Å². The maximum atomic E-state index is 8.35. The third-order valence-electron chi connectivity index (χ3n) is 1.39. The molecular weight excluding hydrogens is 150 g/mol. The summed E-state index contributed by atoms with van der Waals surface area (Å²) in [5.41, 5.74) is 0. The Morgan fingerprint density at radius 2 is 1.83 bits per heavy atom. The molecule has 0 radical (unpaired) electrons. The highest BCUT2D eigenvalue weighted by Gasteiger charge is 2.07. The minimum atomic E-state index is 0.130. The molecule has 1 atom stereocenters. The summed E-state index contributed by atoms with van der Waals surface area (Å²) in [4.78, 5) is 0. The molecule has 0 aliphatic carbocycles. The molecule has 0 saturated carbocycles. The van der Waals surface area contributed by atoms with E-state index in [4.69, 9.17) is 10.00 Å². The van der Waals surface area contributed by atoms with Gasteiger partial charge in [0.2, 0.25) is 0 Å². The van der Waals surface area contributed by atoms with E-state index in [1.54, 1.807) is 7.11 Å². The van der Waals surface area contributed by atoms with Crippen LogP contribution in [0.4, 0.5) is 0 Å². The first-order valence-corrected chi connectivity index (χ1v) is 4.60. The van der Waals surface area contributed by atoms with Gasteiger partial charge in [0, 0.05) is 7.11 Å². The molecule has 0 heterocycles. The van der Waals surface area contributed by atoms with E-state index in [1.807, 2.05) is 13.8 Å². The number of hydrogen-bond acceptors (Lipinski definition) is 2. The highest BCUT2D eigenvalue weighted by atomic mass is 16.5. The van der Waals surface area contributed by atoms with E-state index < -0.39 is 0 Å². The molecule has 2 nitrogen and oxygen atoms in total. The van der Waals surface area contributed by atoms with Crippen molar-refractivity contribution < 1.29 is 4.74 Å². The standard InChI is InChI=1S/C8H15NO.C2H6/c1-7(2)6-8(10-3)4-5-9;1-2/h7-8H,4,6H2,1-3H3;1-2H3. The molecule has 0 saturated heterocycles. The minimum Gasteiger partial charge on any atom is -0.380 e. The summed E-state index contributed by atoms with van der Waals surface area (Å²) in [5, 5.41) is 8.35. The van der Waals surface area contributed by atoms with E-state index in [9.17, 15) is 0 Å². The third-order valence-corrected chi connectivity index (χ3v) is 1.39. The van der Waals surface area contributed by atoms with Gasteiger partial charge in [-0.25, -0.2) is 0 Å². The second-order valence-electron chi connectivity index (χ2n) is 2.85. The summed E-state index contributed by atoms with van der Waals surface area (Å²) in [5.74, 6) is 0.610. The molecule has 1 unspecified atom stereocenters. The Hall–Kier alpha value is -0.550. The van der Waals surface area contributed by atoms with Crippen LogP contribution < -0.4 is 0 Å². The Kier molecular flexibility index (Phi) is 12.2. The second kappa shape index (κ2) is 10.4. The van der Waals surface area contributed by atoms with E-state index in [0.717, 1.165) is 6.42 Å². The lowest BCUT2D eigenvalue weighted by atomic mass is 10.0. The van der Waals surface area contributed by atoms with Crippen molar-refractivity contribution in [2.75, 3.05) is 7.11 Å². The maximum absolute atomic E-state index is 8.35.